The molecule has 2 saturated heterocycles. The number of unbranched alkanes of at least 4 members (excludes halogenated alkanes) is 2. The molecule has 24 heteroatoms. The number of hydrogen-bond donors (Lipinski definition) is 12. The molecule has 4 rings (SSSR count). The van der Waals surface area contributed by atoms with E-state index in [-0.39, 0.29) is 70.5 Å². The van der Waals surface area contributed by atoms with Crippen molar-refractivity contribution in [1.82, 2.24) is 41.4 Å². The van der Waals surface area contributed by atoms with Crippen molar-refractivity contribution < 1.29 is 58.2 Å². The van der Waals surface area contributed by atoms with Crippen LogP contribution in [-0.4, -0.2) is 159 Å². The van der Waals surface area contributed by atoms with Crippen molar-refractivity contribution in [3.05, 3.63) is 36.0 Å². The predicted octanol–water partition coefficient (Wildman–Crippen LogP) is -1.43. The fraction of sp³-hybridized carbons (Fsp3) is 0.625. The van der Waals surface area contributed by atoms with Crippen LogP contribution in [0.3, 0.4) is 0 Å². The van der Waals surface area contributed by atoms with Crippen LogP contribution in [0.25, 0.3) is 10.9 Å². The Morgan fingerprint density at radius 1 is 0.681 bits per heavy atom. The van der Waals surface area contributed by atoms with Crippen molar-refractivity contribution in [3.63, 3.8) is 0 Å². The number of carboxylic acids is 2. The second-order valence-corrected chi connectivity index (χ2v) is 19.0. The second-order valence-electron chi connectivity index (χ2n) is 19.0. The van der Waals surface area contributed by atoms with Gasteiger partial charge in [0.2, 0.25) is 47.3 Å². The number of aliphatic carboxylic acids is 2. The van der Waals surface area contributed by atoms with Crippen molar-refractivity contribution in [2.45, 2.75) is 158 Å². The average molecular weight is 1010 g/mol. The first-order chi connectivity index (χ1) is 34.2. The number of nitrogens with zero attached hydrogens (tertiary/aromatic N) is 2. The van der Waals surface area contributed by atoms with Crippen molar-refractivity contribution in [2.24, 2.45) is 28.9 Å². The number of primary amides is 1. The van der Waals surface area contributed by atoms with Gasteiger partial charge in [-0.25, -0.2) is 4.79 Å². The molecular weight excluding hydrogens is 937 g/mol. The Hall–Kier alpha value is -6.66. The fourth-order valence-corrected chi connectivity index (χ4v) is 9.14. The summed E-state index contributed by atoms with van der Waals surface area (Å²) in [5.74, 6) is -8.94. The molecule has 0 unspecified atom stereocenters. The van der Waals surface area contributed by atoms with Crippen molar-refractivity contribution in [2.75, 3.05) is 26.2 Å². The molecule has 0 spiro atoms. The van der Waals surface area contributed by atoms with E-state index in [2.05, 4.69) is 31.6 Å². The zero-order valence-electron chi connectivity index (χ0n) is 41.2. The summed E-state index contributed by atoms with van der Waals surface area (Å²) in [6, 6.07) is -2.69. The van der Waals surface area contributed by atoms with Crippen molar-refractivity contribution >= 4 is 70.1 Å². The Morgan fingerprint density at radius 3 is 1.74 bits per heavy atom. The van der Waals surface area contributed by atoms with Crippen molar-refractivity contribution in [1.29, 1.82) is 0 Å². The van der Waals surface area contributed by atoms with Gasteiger partial charge < -0.3 is 74.5 Å². The molecular formula is C48H74N12O12. The molecule has 0 saturated carbocycles. The van der Waals surface area contributed by atoms with Gasteiger partial charge in [0.25, 0.3) is 0 Å². The molecule has 16 N–H and O–H groups in total. The van der Waals surface area contributed by atoms with Crippen LogP contribution in [0.1, 0.15) is 109 Å². The molecule has 0 aliphatic carbocycles. The largest absolute Gasteiger partial charge is 0.481 e. The van der Waals surface area contributed by atoms with Crippen LogP contribution in [0.2, 0.25) is 0 Å². The summed E-state index contributed by atoms with van der Waals surface area (Å²) in [6.45, 7) is 4.30. The Balaban J connectivity index is 1.50. The third-order valence-electron chi connectivity index (χ3n) is 12.9. The van der Waals surface area contributed by atoms with Crippen LogP contribution in [0.15, 0.2) is 30.5 Å². The summed E-state index contributed by atoms with van der Waals surface area (Å²) in [5, 5.41) is 33.2. The molecule has 398 valence electrons. The minimum Gasteiger partial charge on any atom is -0.481 e. The van der Waals surface area contributed by atoms with Gasteiger partial charge in [-0.05, 0) is 114 Å². The van der Waals surface area contributed by atoms with E-state index >= 15 is 0 Å². The van der Waals surface area contributed by atoms with Crippen LogP contribution in [0, 0.1) is 5.92 Å². The maximum Gasteiger partial charge on any atom is 0.326 e. The Bertz CT molecular complexity index is 2240. The fourth-order valence-electron chi connectivity index (χ4n) is 9.14. The number of carboxylic acid groups (broad SMARTS) is 2. The maximum absolute atomic E-state index is 14.3. The molecule has 2 fully saturated rings. The van der Waals surface area contributed by atoms with E-state index in [4.69, 9.17) is 22.9 Å². The Morgan fingerprint density at radius 2 is 1.19 bits per heavy atom. The lowest BCUT2D eigenvalue weighted by atomic mass is 10.0. The van der Waals surface area contributed by atoms with E-state index in [1.165, 1.54) is 4.90 Å². The molecule has 24 nitrogen and oxygen atoms in total. The predicted molar refractivity (Wildman–Crippen MR) is 263 cm³/mol. The Kier molecular flexibility index (Phi) is 22.8. The highest BCUT2D eigenvalue weighted by Crippen LogP contribution is 2.23. The number of nitrogens with one attached hydrogen (secondary N) is 6. The zero-order valence-corrected chi connectivity index (χ0v) is 41.2. The Labute approximate surface area is 418 Å². The summed E-state index contributed by atoms with van der Waals surface area (Å²) in [4.78, 5) is 139. The number of aromatic amines is 1. The van der Waals surface area contributed by atoms with E-state index < -0.39 is 127 Å². The summed E-state index contributed by atoms with van der Waals surface area (Å²) in [7, 11) is 0. The first kappa shape index (κ1) is 57.9. The van der Waals surface area contributed by atoms with Gasteiger partial charge in [0, 0.05) is 36.6 Å². The lowest BCUT2D eigenvalue weighted by Crippen LogP contribution is -2.60. The molecule has 8 amide bonds. The second kappa shape index (κ2) is 28.4. The average Bonchev–Trinajstić information content (AvgIpc) is 4.12. The van der Waals surface area contributed by atoms with Gasteiger partial charge >= 0.3 is 11.9 Å². The van der Waals surface area contributed by atoms with Crippen molar-refractivity contribution in [3.8, 4) is 0 Å². The zero-order chi connectivity index (χ0) is 53.1. The van der Waals surface area contributed by atoms with E-state index in [1.807, 2.05) is 24.3 Å². The maximum atomic E-state index is 14.3. The molecule has 72 heavy (non-hydrogen) atoms. The first-order valence-corrected chi connectivity index (χ1v) is 24.8. The minimum atomic E-state index is -1.59. The van der Waals surface area contributed by atoms with Gasteiger partial charge in [0.05, 0.1) is 12.5 Å². The van der Waals surface area contributed by atoms with Gasteiger partial charge in [0.1, 0.15) is 42.3 Å². The number of likely N-dealkylation sites (tertiary alicyclic amines) is 2. The molecule has 2 aromatic rings. The van der Waals surface area contributed by atoms with Crippen LogP contribution in [-0.2, 0) is 54.4 Å². The minimum absolute atomic E-state index is 0.0135. The highest BCUT2D eigenvalue weighted by molar-refractivity contribution is 5.99. The monoisotopic (exact) mass is 1010 g/mol. The molecule has 0 radical (unpaired) electrons. The van der Waals surface area contributed by atoms with E-state index in [0.717, 1.165) is 21.4 Å². The number of benzene rings is 1. The molecule has 2 aliphatic heterocycles. The molecule has 2 aliphatic rings. The van der Waals surface area contributed by atoms with Gasteiger partial charge in [-0.2, -0.15) is 0 Å². The SMILES string of the molecule is CC(C)C[C@H](NC(=O)[C@@H]1CCCN1C(=O)[C@H](CCCCN)NC(=O)[C@H](CCC(=O)O)NC(=O)[C@@H]1CCCN1C(=O)[C@H](CC(N)=O)NC(=O)[C@H](CCCCN)NC(=O)[C@@H](N)Cc1c[nH]c2ccccc12)C(=O)O. The third kappa shape index (κ3) is 17.0. The smallest absolute Gasteiger partial charge is 0.326 e. The van der Waals surface area contributed by atoms with Crippen LogP contribution in [0.4, 0.5) is 0 Å². The highest BCUT2D eigenvalue weighted by atomic mass is 16.4. The van der Waals surface area contributed by atoms with Crippen LogP contribution < -0.4 is 49.5 Å². The summed E-state index contributed by atoms with van der Waals surface area (Å²) in [5.41, 5.74) is 24.9. The summed E-state index contributed by atoms with van der Waals surface area (Å²) >= 11 is 0. The number of carbonyl (C=O) groups is 10. The number of fused-ring (bicyclic) bond motifs is 1. The lowest BCUT2D eigenvalue weighted by Gasteiger charge is -2.31. The van der Waals surface area contributed by atoms with Gasteiger partial charge in [-0.3, -0.25) is 43.2 Å². The molecule has 8 atom stereocenters. The number of H-pyrrole nitrogens is 1. The van der Waals surface area contributed by atoms with Gasteiger partial charge in [-0.1, -0.05) is 32.0 Å². The number of rotatable bonds is 30. The van der Waals surface area contributed by atoms with E-state index in [9.17, 15) is 58.2 Å². The lowest BCUT2D eigenvalue weighted by molar-refractivity contribution is -0.145. The third-order valence-corrected chi connectivity index (χ3v) is 12.9. The molecule has 3 heterocycles. The quantitative estimate of drug-likeness (QED) is 0.0400. The van der Waals surface area contributed by atoms with Crippen LogP contribution in [0.5, 0.6) is 0 Å². The number of aromatic nitrogens is 1. The van der Waals surface area contributed by atoms with E-state index in [1.54, 1.807) is 20.0 Å². The number of hydrogen-bond acceptors (Lipinski definition) is 13. The summed E-state index contributed by atoms with van der Waals surface area (Å²) in [6.07, 6.45) is 3.24. The van der Waals surface area contributed by atoms with Gasteiger partial charge in [-0.15, -0.1) is 0 Å². The van der Waals surface area contributed by atoms with E-state index in [0.29, 0.717) is 38.6 Å². The molecule has 1 aromatic carbocycles. The first-order valence-electron chi connectivity index (χ1n) is 24.8. The molecule has 1 aromatic heterocycles. The summed E-state index contributed by atoms with van der Waals surface area (Å²) < 4.78 is 0. The topological polar surface area (TPSA) is 398 Å². The number of nitrogens with two attached hydrogens (primary N) is 4. The number of para-hydroxylation sites is 1. The number of amides is 8. The normalized spacial score (nSPS) is 18.1. The number of carbonyl (C=O) groups excluding carboxylic acids is 8. The highest BCUT2D eigenvalue weighted by Gasteiger charge is 2.42. The molecule has 0 bridgehead atoms. The standard InChI is InChI=1S/C48H74N12O12/c1-27(2)23-36(48(71)72)58-45(68)38-16-9-21-59(38)46(69)34(14-6-8-20-50)56-43(66)33(17-18-40(62)63)55-44(67)37-15-10-22-60(37)47(70)35(25-39(52)61)57-42(65)32(13-5-7-19-49)54-41(64)30(51)24-28-26-53-31-12-4-3-11-29(28)31/h3-4,11-12,26-27,30,32-38,53H,5-10,13-25,49-51H2,1-2H3,(H2,52,61)(H,54,64)(H,55,67)(H,56,66)(H,57,65)(H,58,68)(H,62,63)(H,71,72)/t30-,32-,33-,34-,35-,36-,37-,38-/m0/s1. The van der Waals surface area contributed by atoms with Gasteiger partial charge in [0.15, 0.2) is 0 Å². The van der Waals surface area contributed by atoms with Crippen LogP contribution >= 0.6 is 0 Å².